The van der Waals surface area contributed by atoms with Gasteiger partial charge in [-0.05, 0) is 72.7 Å². The van der Waals surface area contributed by atoms with Crippen molar-refractivity contribution in [3.63, 3.8) is 0 Å². The maximum Gasteiger partial charge on any atom is 0.247 e. The first-order valence-electron chi connectivity index (χ1n) is 15.1. The van der Waals surface area contributed by atoms with E-state index in [-0.39, 0.29) is 35.7 Å². The molecular weight excluding hydrogens is 586 g/mol. The Labute approximate surface area is 265 Å². The Bertz CT molecular complexity index is 1690. The molecule has 4 aromatic rings. The molecule has 0 radical (unpaired) electrons. The fourth-order valence-corrected chi connectivity index (χ4v) is 6.37. The number of ether oxygens (including phenoxy) is 1. The second kappa shape index (κ2) is 14.5. The first-order chi connectivity index (χ1) is 21.7. The van der Waals surface area contributed by atoms with Crippen molar-refractivity contribution in [1.82, 2.24) is 14.9 Å². The number of carbonyl (C=O) groups excluding carboxylic acids is 2. The van der Waals surface area contributed by atoms with Crippen LogP contribution in [0.5, 0.6) is 5.75 Å². The lowest BCUT2D eigenvalue weighted by molar-refractivity contribution is -0.141. The lowest BCUT2D eigenvalue weighted by Gasteiger charge is -2.32. The van der Waals surface area contributed by atoms with Gasteiger partial charge in [0.15, 0.2) is 0 Å². The number of nitrogens with one attached hydrogen (secondary N) is 2. The molecule has 1 atom stereocenters. The van der Waals surface area contributed by atoms with Gasteiger partial charge in [-0.3, -0.25) is 9.59 Å². The summed E-state index contributed by atoms with van der Waals surface area (Å²) in [5, 5.41) is 3.05. The van der Waals surface area contributed by atoms with Gasteiger partial charge in [-0.2, -0.15) is 0 Å². The highest BCUT2D eigenvalue weighted by atomic mass is 32.2. The largest absolute Gasteiger partial charge is 0.497 e. The summed E-state index contributed by atoms with van der Waals surface area (Å²) in [6, 6.07) is 30.5. The molecule has 0 spiro atoms. The molecule has 0 bridgehead atoms. The number of hydrogen-bond donors (Lipinski definition) is 2. The van der Waals surface area contributed by atoms with Crippen LogP contribution in [0.3, 0.4) is 0 Å². The molecule has 4 aromatic carbocycles. The number of amides is 2. The number of methoxy groups -OCH3 is 1. The van der Waals surface area contributed by atoms with Crippen molar-refractivity contribution >= 4 is 21.8 Å². The zero-order valence-electron chi connectivity index (χ0n) is 25.6. The van der Waals surface area contributed by atoms with Crippen LogP contribution < -0.4 is 14.8 Å². The summed E-state index contributed by atoms with van der Waals surface area (Å²) in [5.41, 5.74) is 4.49. The van der Waals surface area contributed by atoms with Crippen molar-refractivity contribution < 1.29 is 22.7 Å². The first kappa shape index (κ1) is 31.9. The minimum Gasteiger partial charge on any atom is -0.497 e. The van der Waals surface area contributed by atoms with Crippen LogP contribution in [0.4, 0.5) is 0 Å². The van der Waals surface area contributed by atoms with Gasteiger partial charge < -0.3 is 15.0 Å². The number of aryl methyl sites for hydroxylation is 2. The van der Waals surface area contributed by atoms with Gasteiger partial charge in [-0.25, -0.2) is 13.1 Å². The molecule has 0 heterocycles. The normalized spacial score (nSPS) is 13.6. The van der Waals surface area contributed by atoms with Gasteiger partial charge in [0.2, 0.25) is 21.8 Å². The maximum atomic E-state index is 14.0. The molecule has 0 saturated heterocycles. The Morgan fingerprint density at radius 1 is 0.844 bits per heavy atom. The van der Waals surface area contributed by atoms with E-state index in [4.69, 9.17) is 4.74 Å². The van der Waals surface area contributed by atoms with E-state index in [9.17, 15) is 18.0 Å². The number of carbonyl (C=O) groups is 2. The monoisotopic (exact) mass is 625 g/mol. The predicted molar refractivity (Wildman–Crippen MR) is 174 cm³/mol. The minimum atomic E-state index is -3.56. The van der Waals surface area contributed by atoms with Gasteiger partial charge in [-0.1, -0.05) is 84.4 Å². The van der Waals surface area contributed by atoms with E-state index in [1.54, 1.807) is 36.3 Å². The average molecular weight is 626 g/mol. The summed E-state index contributed by atoms with van der Waals surface area (Å²) in [7, 11) is -1.96. The third kappa shape index (κ3) is 8.80. The highest BCUT2D eigenvalue weighted by molar-refractivity contribution is 7.89. The van der Waals surface area contributed by atoms with Crippen LogP contribution in [0.2, 0.25) is 0 Å². The van der Waals surface area contributed by atoms with E-state index in [1.807, 2.05) is 85.8 Å². The van der Waals surface area contributed by atoms with Crippen LogP contribution in [0, 0.1) is 6.92 Å². The number of sulfonamides is 1. The SMILES string of the molecule is COc1ccc(CN(C(=O)CCc2ccc(S(=O)(=O)NC3CC3)cc2)C(C(=O)NCc2ccc(C)cc2)c2ccccc2)cc1. The molecule has 1 saturated carbocycles. The summed E-state index contributed by atoms with van der Waals surface area (Å²) in [6.45, 7) is 2.56. The summed E-state index contributed by atoms with van der Waals surface area (Å²) in [5.74, 6) is 0.225. The van der Waals surface area contributed by atoms with Gasteiger partial charge in [0.1, 0.15) is 11.8 Å². The molecule has 234 valence electrons. The standard InChI is InChI=1S/C36H39N3O5S/c1-26-8-10-28(11-9-26)24-37-36(41)35(30-6-4-3-5-7-30)39(25-29-12-19-32(44-2)20-13-29)34(40)23-16-27-14-21-33(22-15-27)45(42,43)38-31-17-18-31/h3-15,19-22,31,35,38H,16-18,23-25H2,1-2H3,(H,37,41). The Balaban J connectivity index is 1.37. The van der Waals surface area contributed by atoms with Gasteiger partial charge in [0, 0.05) is 25.6 Å². The van der Waals surface area contributed by atoms with Crippen molar-refractivity contribution in [2.45, 2.75) is 62.7 Å². The Kier molecular flexibility index (Phi) is 10.3. The van der Waals surface area contributed by atoms with E-state index in [0.29, 0.717) is 24.3 Å². The molecule has 2 amide bonds. The zero-order valence-corrected chi connectivity index (χ0v) is 26.4. The van der Waals surface area contributed by atoms with Gasteiger partial charge in [-0.15, -0.1) is 0 Å². The Hall–Kier alpha value is -4.47. The molecule has 5 rings (SSSR count). The average Bonchev–Trinajstić information content (AvgIpc) is 3.87. The van der Waals surface area contributed by atoms with Gasteiger partial charge in [0.25, 0.3) is 0 Å². The molecule has 1 aliphatic rings. The zero-order chi connectivity index (χ0) is 31.8. The van der Waals surface area contributed by atoms with Crippen LogP contribution in [-0.4, -0.2) is 38.3 Å². The van der Waals surface area contributed by atoms with Crippen molar-refractivity contribution in [1.29, 1.82) is 0 Å². The second-order valence-electron chi connectivity index (χ2n) is 11.4. The van der Waals surface area contributed by atoms with Crippen molar-refractivity contribution in [3.8, 4) is 5.75 Å². The molecule has 0 aliphatic heterocycles. The molecule has 0 aromatic heterocycles. The van der Waals surface area contributed by atoms with Gasteiger partial charge >= 0.3 is 0 Å². The Morgan fingerprint density at radius 3 is 2.09 bits per heavy atom. The third-order valence-corrected chi connectivity index (χ3v) is 9.39. The number of nitrogens with zero attached hydrogens (tertiary/aromatic N) is 1. The van der Waals surface area contributed by atoms with E-state index >= 15 is 0 Å². The topological polar surface area (TPSA) is 105 Å². The van der Waals surface area contributed by atoms with Crippen molar-refractivity contribution in [3.05, 3.63) is 131 Å². The molecule has 1 unspecified atom stereocenters. The number of rotatable bonds is 14. The van der Waals surface area contributed by atoms with Crippen LogP contribution in [0.25, 0.3) is 0 Å². The predicted octanol–water partition coefficient (Wildman–Crippen LogP) is 5.46. The van der Waals surface area contributed by atoms with Crippen LogP contribution in [-0.2, 0) is 39.1 Å². The second-order valence-corrected chi connectivity index (χ2v) is 13.1. The molecule has 9 heteroatoms. The van der Waals surface area contributed by atoms with E-state index in [2.05, 4.69) is 10.0 Å². The third-order valence-electron chi connectivity index (χ3n) is 7.86. The van der Waals surface area contributed by atoms with E-state index < -0.39 is 16.1 Å². The maximum absolute atomic E-state index is 14.0. The number of benzene rings is 4. The molecule has 45 heavy (non-hydrogen) atoms. The molecule has 8 nitrogen and oxygen atoms in total. The smallest absolute Gasteiger partial charge is 0.247 e. The first-order valence-corrected chi connectivity index (χ1v) is 16.6. The minimum absolute atomic E-state index is 0.0237. The summed E-state index contributed by atoms with van der Waals surface area (Å²) in [4.78, 5) is 29.8. The Morgan fingerprint density at radius 2 is 1.47 bits per heavy atom. The fraction of sp³-hybridized carbons (Fsp3) is 0.278. The van der Waals surface area contributed by atoms with Crippen molar-refractivity contribution in [2.24, 2.45) is 0 Å². The van der Waals surface area contributed by atoms with Crippen molar-refractivity contribution in [2.75, 3.05) is 7.11 Å². The van der Waals surface area contributed by atoms with Crippen LogP contribution in [0.1, 0.15) is 53.1 Å². The molecule has 2 N–H and O–H groups in total. The highest BCUT2D eigenvalue weighted by Gasteiger charge is 2.32. The van der Waals surface area contributed by atoms with Crippen LogP contribution >= 0.6 is 0 Å². The van der Waals surface area contributed by atoms with Gasteiger partial charge in [0.05, 0.1) is 12.0 Å². The molecular formula is C36H39N3O5S. The van der Waals surface area contributed by atoms with E-state index in [1.165, 1.54) is 0 Å². The van der Waals surface area contributed by atoms with E-state index in [0.717, 1.165) is 35.1 Å². The van der Waals surface area contributed by atoms with Crippen LogP contribution in [0.15, 0.2) is 108 Å². The quantitative estimate of drug-likeness (QED) is 0.194. The summed E-state index contributed by atoms with van der Waals surface area (Å²) < 4.78 is 33.2. The fourth-order valence-electron chi connectivity index (χ4n) is 5.07. The lowest BCUT2D eigenvalue weighted by atomic mass is 10.0. The lowest BCUT2D eigenvalue weighted by Crippen LogP contribution is -2.43. The molecule has 1 aliphatic carbocycles. The highest BCUT2D eigenvalue weighted by Crippen LogP contribution is 2.27. The summed E-state index contributed by atoms with van der Waals surface area (Å²) >= 11 is 0. The number of hydrogen-bond acceptors (Lipinski definition) is 5. The molecule has 1 fully saturated rings. The summed E-state index contributed by atoms with van der Waals surface area (Å²) in [6.07, 6.45) is 2.25.